The average Bonchev–Trinajstić information content (AvgIpc) is 2.86. The second kappa shape index (κ2) is 7.22. The Bertz CT molecular complexity index is 531. The van der Waals surface area contributed by atoms with E-state index < -0.39 is 6.03 Å². The molecule has 22 heavy (non-hydrogen) atoms. The van der Waals surface area contributed by atoms with Gasteiger partial charge in [-0.3, -0.25) is 4.79 Å². The topological polar surface area (TPSA) is 81.7 Å². The van der Waals surface area contributed by atoms with Gasteiger partial charge < -0.3 is 20.6 Å². The third kappa shape index (κ3) is 3.94. The fourth-order valence-corrected chi connectivity index (χ4v) is 2.36. The molecular formula is C15H20FN3O3. The predicted molar refractivity (Wildman–Crippen MR) is 80.0 cm³/mol. The molecule has 2 unspecified atom stereocenters. The Labute approximate surface area is 128 Å². The second-order valence-electron chi connectivity index (χ2n) is 5.29. The molecule has 3 N–H and O–H groups in total. The van der Waals surface area contributed by atoms with Gasteiger partial charge in [0.15, 0.2) is 0 Å². The first kappa shape index (κ1) is 16.2. The van der Waals surface area contributed by atoms with Crippen LogP contribution in [-0.2, 0) is 4.79 Å². The van der Waals surface area contributed by atoms with Crippen molar-refractivity contribution in [1.29, 1.82) is 0 Å². The molecule has 1 aromatic carbocycles. The van der Waals surface area contributed by atoms with Crippen molar-refractivity contribution < 1.29 is 19.1 Å². The van der Waals surface area contributed by atoms with Gasteiger partial charge in [-0.1, -0.05) is 6.92 Å². The molecule has 1 aromatic rings. The summed E-state index contributed by atoms with van der Waals surface area (Å²) in [6.07, 6.45) is 0.815. The number of aliphatic hydroxyl groups excluding tert-OH is 1. The Morgan fingerprint density at radius 3 is 2.73 bits per heavy atom. The van der Waals surface area contributed by atoms with Crippen molar-refractivity contribution >= 4 is 17.6 Å². The lowest BCUT2D eigenvalue weighted by atomic mass is 10.2. The van der Waals surface area contributed by atoms with Crippen LogP contribution in [0.1, 0.15) is 19.8 Å². The summed E-state index contributed by atoms with van der Waals surface area (Å²) >= 11 is 0. The molecule has 2 atom stereocenters. The largest absolute Gasteiger partial charge is 0.394 e. The number of aliphatic hydroxyl groups is 1. The maximum Gasteiger partial charge on any atom is 0.315 e. The van der Waals surface area contributed by atoms with E-state index in [2.05, 4.69) is 10.6 Å². The van der Waals surface area contributed by atoms with Crippen LogP contribution in [0.4, 0.5) is 14.9 Å². The number of hydrogen-bond acceptors (Lipinski definition) is 3. The highest BCUT2D eigenvalue weighted by molar-refractivity contribution is 5.96. The lowest BCUT2D eigenvalue weighted by molar-refractivity contribution is -0.117. The van der Waals surface area contributed by atoms with Crippen molar-refractivity contribution in [2.75, 3.05) is 18.1 Å². The van der Waals surface area contributed by atoms with Gasteiger partial charge in [-0.2, -0.15) is 0 Å². The highest BCUT2D eigenvalue weighted by Crippen LogP contribution is 2.21. The second-order valence-corrected chi connectivity index (χ2v) is 5.29. The van der Waals surface area contributed by atoms with E-state index >= 15 is 0 Å². The summed E-state index contributed by atoms with van der Waals surface area (Å²) in [6, 6.07) is 4.65. The Morgan fingerprint density at radius 1 is 1.45 bits per heavy atom. The van der Waals surface area contributed by atoms with Crippen molar-refractivity contribution in [1.82, 2.24) is 10.6 Å². The number of nitrogens with one attached hydrogen (secondary N) is 2. The summed E-state index contributed by atoms with van der Waals surface area (Å²) in [7, 11) is 0. The number of hydrogen-bond donors (Lipinski definition) is 3. The molecule has 1 saturated heterocycles. The molecule has 1 fully saturated rings. The van der Waals surface area contributed by atoms with Crippen molar-refractivity contribution in [2.24, 2.45) is 0 Å². The summed E-state index contributed by atoms with van der Waals surface area (Å²) in [4.78, 5) is 25.3. The minimum absolute atomic E-state index is 0.119. The van der Waals surface area contributed by atoms with E-state index in [-0.39, 0.29) is 36.8 Å². The molecule has 0 saturated carbocycles. The third-order valence-electron chi connectivity index (χ3n) is 3.65. The van der Waals surface area contributed by atoms with Crippen LogP contribution in [0.3, 0.4) is 0 Å². The van der Waals surface area contributed by atoms with Gasteiger partial charge in [-0.25, -0.2) is 9.18 Å². The number of amides is 3. The number of rotatable bonds is 5. The number of halogens is 1. The van der Waals surface area contributed by atoms with Crippen molar-refractivity contribution in [2.45, 2.75) is 31.8 Å². The number of urea groups is 1. The standard InChI is InChI=1S/C15H20FN3O3/c1-2-11(9-20)17-15(22)18-12-7-14(21)19(8-12)13-5-3-10(16)4-6-13/h3-6,11-12,20H,2,7-9H2,1H3,(H2,17,18,22). The third-order valence-corrected chi connectivity index (χ3v) is 3.65. The summed E-state index contributed by atoms with van der Waals surface area (Å²) < 4.78 is 12.9. The molecule has 1 aliphatic heterocycles. The number of benzene rings is 1. The van der Waals surface area contributed by atoms with Crippen LogP contribution in [0.5, 0.6) is 0 Å². The predicted octanol–water partition coefficient (Wildman–Crippen LogP) is 1.00. The number of nitrogens with zero attached hydrogens (tertiary/aromatic N) is 1. The van der Waals surface area contributed by atoms with E-state index in [9.17, 15) is 14.0 Å². The molecule has 7 heteroatoms. The van der Waals surface area contributed by atoms with E-state index in [0.717, 1.165) is 0 Å². The molecule has 0 aliphatic carbocycles. The fraction of sp³-hybridized carbons (Fsp3) is 0.467. The number of carbonyl (C=O) groups excluding carboxylic acids is 2. The normalized spacial score (nSPS) is 19.1. The van der Waals surface area contributed by atoms with Crippen molar-refractivity contribution in [3.63, 3.8) is 0 Å². The maximum absolute atomic E-state index is 12.9. The first-order chi connectivity index (χ1) is 10.5. The average molecular weight is 309 g/mol. The van der Waals surface area contributed by atoms with Gasteiger partial charge in [0, 0.05) is 18.7 Å². The summed E-state index contributed by atoms with van der Waals surface area (Å²) in [5.41, 5.74) is 0.609. The zero-order chi connectivity index (χ0) is 16.1. The molecule has 0 aromatic heterocycles. The fourth-order valence-electron chi connectivity index (χ4n) is 2.36. The van der Waals surface area contributed by atoms with Gasteiger partial charge in [0.25, 0.3) is 0 Å². The lowest BCUT2D eigenvalue weighted by Gasteiger charge is -2.19. The van der Waals surface area contributed by atoms with Crippen LogP contribution < -0.4 is 15.5 Å². The molecule has 0 bridgehead atoms. The SMILES string of the molecule is CCC(CO)NC(=O)NC1CC(=O)N(c2ccc(F)cc2)C1. The van der Waals surface area contributed by atoms with Crippen LogP contribution in [0.15, 0.2) is 24.3 Å². The van der Waals surface area contributed by atoms with Gasteiger partial charge in [-0.05, 0) is 30.7 Å². The first-order valence-electron chi connectivity index (χ1n) is 7.27. The van der Waals surface area contributed by atoms with Crippen LogP contribution in [0.2, 0.25) is 0 Å². The summed E-state index contributed by atoms with van der Waals surface area (Å²) in [5, 5.41) is 14.4. The smallest absolute Gasteiger partial charge is 0.315 e. The highest BCUT2D eigenvalue weighted by Gasteiger charge is 2.31. The Morgan fingerprint density at radius 2 is 2.14 bits per heavy atom. The quantitative estimate of drug-likeness (QED) is 0.759. The molecule has 1 aliphatic rings. The summed E-state index contributed by atoms with van der Waals surface area (Å²) in [6.45, 7) is 2.07. The van der Waals surface area contributed by atoms with Gasteiger partial charge in [0.1, 0.15) is 5.82 Å². The van der Waals surface area contributed by atoms with E-state index in [1.165, 1.54) is 29.2 Å². The molecule has 1 heterocycles. The van der Waals surface area contributed by atoms with E-state index in [4.69, 9.17) is 5.11 Å². The van der Waals surface area contributed by atoms with E-state index in [1.54, 1.807) is 0 Å². The van der Waals surface area contributed by atoms with Crippen LogP contribution in [-0.4, -0.2) is 42.3 Å². The molecule has 0 spiro atoms. The zero-order valence-corrected chi connectivity index (χ0v) is 12.4. The molecule has 6 nitrogen and oxygen atoms in total. The van der Waals surface area contributed by atoms with Gasteiger partial charge in [0.2, 0.25) is 5.91 Å². The maximum atomic E-state index is 12.9. The van der Waals surface area contributed by atoms with Gasteiger partial charge in [-0.15, -0.1) is 0 Å². The van der Waals surface area contributed by atoms with Crippen LogP contribution in [0.25, 0.3) is 0 Å². The minimum atomic E-state index is -0.403. The monoisotopic (exact) mass is 309 g/mol. The Kier molecular flexibility index (Phi) is 5.32. The number of carbonyl (C=O) groups is 2. The van der Waals surface area contributed by atoms with E-state index in [0.29, 0.717) is 18.7 Å². The van der Waals surface area contributed by atoms with Crippen molar-refractivity contribution in [3.05, 3.63) is 30.1 Å². The zero-order valence-electron chi connectivity index (χ0n) is 12.4. The van der Waals surface area contributed by atoms with Crippen LogP contribution in [0, 0.1) is 5.82 Å². The van der Waals surface area contributed by atoms with Crippen molar-refractivity contribution in [3.8, 4) is 0 Å². The lowest BCUT2D eigenvalue weighted by Crippen LogP contribution is -2.48. The highest BCUT2D eigenvalue weighted by atomic mass is 19.1. The molecule has 3 amide bonds. The molecular weight excluding hydrogens is 289 g/mol. The van der Waals surface area contributed by atoms with Crippen LogP contribution >= 0.6 is 0 Å². The Hall–Kier alpha value is -2.15. The number of anilines is 1. The summed E-state index contributed by atoms with van der Waals surface area (Å²) in [5.74, 6) is -0.481. The molecule has 2 rings (SSSR count). The van der Waals surface area contributed by atoms with E-state index in [1.807, 2.05) is 6.92 Å². The van der Waals surface area contributed by atoms with Gasteiger partial charge in [0.05, 0.1) is 18.7 Å². The van der Waals surface area contributed by atoms with Gasteiger partial charge >= 0.3 is 6.03 Å². The minimum Gasteiger partial charge on any atom is -0.394 e. The Balaban J connectivity index is 1.92. The molecule has 120 valence electrons. The first-order valence-corrected chi connectivity index (χ1v) is 7.27. The molecule has 0 radical (unpaired) electrons.